The molecule has 2 heterocycles. The number of aliphatic imine (C=N–C) groups is 1. The van der Waals surface area contributed by atoms with E-state index in [1.807, 2.05) is 0 Å². The zero-order chi connectivity index (χ0) is 16.1. The van der Waals surface area contributed by atoms with Gasteiger partial charge in [-0.3, -0.25) is 23.8 Å². The molecule has 0 unspecified atom stereocenters. The van der Waals surface area contributed by atoms with Crippen LogP contribution in [0.5, 0.6) is 5.88 Å². The van der Waals surface area contributed by atoms with Gasteiger partial charge in [0.2, 0.25) is 5.88 Å². The van der Waals surface area contributed by atoms with E-state index in [1.165, 1.54) is 20.3 Å². The van der Waals surface area contributed by atoms with Crippen molar-refractivity contribution in [2.75, 3.05) is 39.4 Å². The van der Waals surface area contributed by atoms with E-state index in [1.54, 1.807) is 0 Å². The Morgan fingerprint density at radius 2 is 1.91 bits per heavy atom. The molecule has 0 atom stereocenters. The number of ether oxygens (including phenoxy) is 1. The van der Waals surface area contributed by atoms with E-state index in [9.17, 15) is 14.7 Å². The van der Waals surface area contributed by atoms with Gasteiger partial charge in [-0.15, -0.1) is 0 Å². The maximum atomic E-state index is 11.9. The fraction of sp³-hybridized carbons (Fsp3) is 0.643. The molecule has 1 fully saturated rings. The Kier molecular flexibility index (Phi) is 5.51. The third-order valence-electron chi connectivity index (χ3n) is 3.75. The lowest BCUT2D eigenvalue weighted by atomic mass is 10.3. The van der Waals surface area contributed by atoms with E-state index < -0.39 is 11.2 Å². The van der Waals surface area contributed by atoms with Gasteiger partial charge in [-0.1, -0.05) is 0 Å². The van der Waals surface area contributed by atoms with E-state index >= 15 is 0 Å². The van der Waals surface area contributed by atoms with E-state index in [4.69, 9.17) is 4.74 Å². The number of morpholine rings is 1. The summed E-state index contributed by atoms with van der Waals surface area (Å²) in [5.74, 6) is -0.356. The smallest absolute Gasteiger partial charge is 0.333 e. The predicted octanol–water partition coefficient (Wildman–Crippen LogP) is -1.07. The standard InChI is InChI=1S/C14H22N4O4/c1-16-12(19)11(13(20)17(2)14(16)21)10-15-4-3-5-18-6-8-22-9-7-18/h10,19H,3-9H2,1-2H3. The highest BCUT2D eigenvalue weighted by Gasteiger charge is 2.13. The van der Waals surface area contributed by atoms with E-state index in [0.717, 1.165) is 48.4 Å². The summed E-state index contributed by atoms with van der Waals surface area (Å²) in [6, 6.07) is 0. The molecule has 2 rings (SSSR count). The molecule has 8 nitrogen and oxygen atoms in total. The van der Waals surface area contributed by atoms with Crippen LogP contribution >= 0.6 is 0 Å². The van der Waals surface area contributed by atoms with Crippen molar-refractivity contribution in [1.82, 2.24) is 14.0 Å². The summed E-state index contributed by atoms with van der Waals surface area (Å²) in [5, 5.41) is 9.88. The first-order chi connectivity index (χ1) is 10.5. The molecule has 0 saturated carbocycles. The van der Waals surface area contributed by atoms with Crippen molar-refractivity contribution in [3.05, 3.63) is 26.4 Å². The minimum Gasteiger partial charge on any atom is -0.494 e. The molecule has 0 amide bonds. The summed E-state index contributed by atoms with van der Waals surface area (Å²) in [4.78, 5) is 30.1. The fourth-order valence-corrected chi connectivity index (χ4v) is 2.34. The zero-order valence-corrected chi connectivity index (χ0v) is 13.0. The van der Waals surface area contributed by atoms with Crippen molar-refractivity contribution in [1.29, 1.82) is 0 Å². The third kappa shape index (κ3) is 3.63. The fourth-order valence-electron chi connectivity index (χ4n) is 2.34. The molecule has 1 saturated heterocycles. The number of aromatic hydroxyl groups is 1. The molecule has 0 radical (unpaired) electrons. The molecular formula is C14H22N4O4. The third-order valence-corrected chi connectivity index (χ3v) is 3.75. The summed E-state index contributed by atoms with van der Waals surface area (Å²) in [6.07, 6.45) is 2.21. The highest BCUT2D eigenvalue weighted by molar-refractivity contribution is 5.81. The maximum absolute atomic E-state index is 11.9. The van der Waals surface area contributed by atoms with Gasteiger partial charge in [0, 0.05) is 46.5 Å². The normalized spacial score (nSPS) is 16.5. The Balaban J connectivity index is 1.96. The van der Waals surface area contributed by atoms with Crippen molar-refractivity contribution in [3.63, 3.8) is 0 Å². The van der Waals surface area contributed by atoms with Crippen LogP contribution in [0, 0.1) is 0 Å². The van der Waals surface area contributed by atoms with Gasteiger partial charge in [0.1, 0.15) is 5.56 Å². The second-order valence-electron chi connectivity index (χ2n) is 5.29. The number of hydrogen-bond acceptors (Lipinski definition) is 6. The summed E-state index contributed by atoms with van der Waals surface area (Å²) in [6.45, 7) is 4.90. The number of nitrogens with zero attached hydrogens (tertiary/aromatic N) is 4. The summed E-state index contributed by atoms with van der Waals surface area (Å²) >= 11 is 0. The van der Waals surface area contributed by atoms with Gasteiger partial charge in [0.05, 0.1) is 13.2 Å². The Bertz CT molecular complexity index is 656. The Labute approximate surface area is 128 Å². The first-order valence-electron chi connectivity index (χ1n) is 7.31. The van der Waals surface area contributed by atoms with Gasteiger partial charge in [-0.2, -0.15) is 0 Å². The summed E-state index contributed by atoms with van der Waals surface area (Å²) in [5.41, 5.74) is -1.07. The zero-order valence-electron chi connectivity index (χ0n) is 13.0. The molecule has 1 aromatic heterocycles. The first-order valence-corrected chi connectivity index (χ1v) is 7.31. The van der Waals surface area contributed by atoms with Crippen LogP contribution in [0.1, 0.15) is 12.0 Å². The SMILES string of the molecule is Cn1c(O)c(C=NCCCN2CCOCC2)c(=O)n(C)c1=O. The Morgan fingerprint density at radius 3 is 2.59 bits per heavy atom. The van der Waals surface area contributed by atoms with Crippen molar-refractivity contribution < 1.29 is 9.84 Å². The number of rotatable bonds is 5. The second kappa shape index (κ2) is 7.37. The molecule has 0 aliphatic carbocycles. The molecule has 0 bridgehead atoms. The molecule has 1 N–H and O–H groups in total. The Hall–Kier alpha value is -1.93. The predicted molar refractivity (Wildman–Crippen MR) is 82.9 cm³/mol. The van der Waals surface area contributed by atoms with Gasteiger partial charge < -0.3 is 9.84 Å². The molecule has 22 heavy (non-hydrogen) atoms. The van der Waals surface area contributed by atoms with Crippen LogP contribution in [0.15, 0.2) is 14.6 Å². The van der Waals surface area contributed by atoms with Gasteiger partial charge in [0.25, 0.3) is 5.56 Å². The van der Waals surface area contributed by atoms with Gasteiger partial charge in [-0.05, 0) is 6.42 Å². The van der Waals surface area contributed by atoms with Crippen LogP contribution in [0.4, 0.5) is 0 Å². The van der Waals surface area contributed by atoms with Crippen LogP contribution in [-0.2, 0) is 18.8 Å². The van der Waals surface area contributed by atoms with Crippen LogP contribution < -0.4 is 11.2 Å². The largest absolute Gasteiger partial charge is 0.494 e. The van der Waals surface area contributed by atoms with Crippen LogP contribution in [0.25, 0.3) is 0 Å². The first kappa shape index (κ1) is 16.4. The van der Waals surface area contributed by atoms with E-state index in [-0.39, 0.29) is 11.4 Å². The second-order valence-corrected chi connectivity index (χ2v) is 5.29. The van der Waals surface area contributed by atoms with E-state index in [2.05, 4.69) is 9.89 Å². The van der Waals surface area contributed by atoms with Gasteiger partial charge in [0.15, 0.2) is 0 Å². The lowest BCUT2D eigenvalue weighted by molar-refractivity contribution is 0.0377. The average molecular weight is 310 g/mol. The van der Waals surface area contributed by atoms with Crippen molar-refractivity contribution >= 4 is 6.21 Å². The molecule has 0 aromatic carbocycles. The minimum absolute atomic E-state index is 0.0379. The lowest BCUT2D eigenvalue weighted by Crippen LogP contribution is -2.38. The number of aromatic nitrogens is 2. The molecule has 0 spiro atoms. The highest BCUT2D eigenvalue weighted by atomic mass is 16.5. The van der Waals surface area contributed by atoms with Crippen LogP contribution in [0.3, 0.4) is 0 Å². The summed E-state index contributed by atoms with van der Waals surface area (Å²) in [7, 11) is 2.78. The van der Waals surface area contributed by atoms with Crippen molar-refractivity contribution in [3.8, 4) is 5.88 Å². The van der Waals surface area contributed by atoms with Crippen molar-refractivity contribution in [2.24, 2.45) is 19.1 Å². The topological polar surface area (TPSA) is 89.1 Å². The molecule has 122 valence electrons. The Morgan fingerprint density at radius 1 is 1.23 bits per heavy atom. The molecule has 1 aliphatic rings. The molecule has 1 aromatic rings. The quantitative estimate of drug-likeness (QED) is 0.553. The molecule has 1 aliphatic heterocycles. The highest BCUT2D eigenvalue weighted by Crippen LogP contribution is 2.06. The van der Waals surface area contributed by atoms with E-state index in [0.29, 0.717) is 6.54 Å². The van der Waals surface area contributed by atoms with Crippen molar-refractivity contribution in [2.45, 2.75) is 6.42 Å². The monoisotopic (exact) mass is 310 g/mol. The van der Waals surface area contributed by atoms with Crippen LogP contribution in [0.2, 0.25) is 0 Å². The summed E-state index contributed by atoms with van der Waals surface area (Å²) < 4.78 is 7.26. The average Bonchev–Trinajstić information content (AvgIpc) is 2.54. The number of hydrogen-bond donors (Lipinski definition) is 1. The maximum Gasteiger partial charge on any atom is 0.333 e. The van der Waals surface area contributed by atoms with Crippen LogP contribution in [-0.4, -0.2) is 64.7 Å². The lowest BCUT2D eigenvalue weighted by Gasteiger charge is -2.26. The molecular weight excluding hydrogens is 288 g/mol. The van der Waals surface area contributed by atoms with Gasteiger partial charge >= 0.3 is 5.69 Å². The minimum atomic E-state index is -0.563. The van der Waals surface area contributed by atoms with Gasteiger partial charge in [-0.25, -0.2) is 4.79 Å². The molecule has 8 heteroatoms.